The number of ether oxygens (including phenoxy) is 1. The monoisotopic (exact) mass is 530 g/mol. The number of rotatable bonds is 6. The van der Waals surface area contributed by atoms with Gasteiger partial charge in [-0.1, -0.05) is 35.6 Å². The predicted molar refractivity (Wildman–Crippen MR) is 154 cm³/mol. The van der Waals surface area contributed by atoms with Crippen LogP contribution in [0.15, 0.2) is 69.6 Å². The van der Waals surface area contributed by atoms with Crippen LogP contribution in [0.1, 0.15) is 50.3 Å². The summed E-state index contributed by atoms with van der Waals surface area (Å²) in [7, 11) is 3.95. The van der Waals surface area contributed by atoms with Crippen LogP contribution in [0.2, 0.25) is 0 Å². The third-order valence-electron chi connectivity index (χ3n) is 7.15. The summed E-state index contributed by atoms with van der Waals surface area (Å²) in [6.45, 7) is 6.02. The Labute approximate surface area is 227 Å². The predicted octanol–water partition coefficient (Wildman–Crippen LogP) is 3.85. The van der Waals surface area contributed by atoms with Crippen LogP contribution in [0.5, 0.6) is 0 Å². The summed E-state index contributed by atoms with van der Waals surface area (Å²) in [6.07, 6.45) is 5.68. The molecule has 2 aromatic carbocycles. The van der Waals surface area contributed by atoms with Crippen molar-refractivity contribution in [1.29, 1.82) is 0 Å². The number of aromatic nitrogens is 1. The second-order valence-corrected chi connectivity index (χ2v) is 10.9. The molecule has 7 nitrogen and oxygen atoms in total. The Bertz CT molecular complexity index is 1530. The number of fused-ring (bicyclic) bond motifs is 1. The molecule has 0 bridgehead atoms. The molecule has 0 radical (unpaired) electrons. The molecule has 0 unspecified atom stereocenters. The molecular formula is C30H34N4O3S. The van der Waals surface area contributed by atoms with E-state index < -0.39 is 12.0 Å². The Hall–Kier alpha value is -3.65. The van der Waals surface area contributed by atoms with E-state index in [1.807, 2.05) is 56.3 Å². The van der Waals surface area contributed by atoms with E-state index in [2.05, 4.69) is 34.2 Å². The number of carbonyl (C=O) groups is 1. The molecule has 3 aromatic rings. The Kier molecular flexibility index (Phi) is 7.51. The molecule has 3 heterocycles. The van der Waals surface area contributed by atoms with Crippen LogP contribution < -0.4 is 24.7 Å². The van der Waals surface area contributed by atoms with Crippen molar-refractivity contribution in [3.8, 4) is 0 Å². The maximum absolute atomic E-state index is 13.8. The van der Waals surface area contributed by atoms with E-state index in [1.165, 1.54) is 36.3 Å². The molecule has 198 valence electrons. The summed E-state index contributed by atoms with van der Waals surface area (Å²) >= 11 is 1.35. The van der Waals surface area contributed by atoms with Crippen molar-refractivity contribution in [2.24, 2.45) is 4.99 Å². The van der Waals surface area contributed by atoms with E-state index in [0.29, 0.717) is 20.6 Å². The number of nitrogens with zero attached hydrogens (tertiary/aromatic N) is 4. The molecule has 0 N–H and O–H groups in total. The van der Waals surface area contributed by atoms with Gasteiger partial charge in [-0.15, -0.1) is 0 Å². The Morgan fingerprint density at radius 1 is 1.08 bits per heavy atom. The lowest BCUT2D eigenvalue weighted by molar-refractivity contribution is -0.139. The van der Waals surface area contributed by atoms with Crippen LogP contribution >= 0.6 is 11.3 Å². The van der Waals surface area contributed by atoms with Gasteiger partial charge in [0.1, 0.15) is 0 Å². The lowest BCUT2D eigenvalue weighted by Gasteiger charge is -2.28. The number of anilines is 2. The zero-order valence-electron chi connectivity index (χ0n) is 22.4. The highest BCUT2D eigenvalue weighted by Crippen LogP contribution is 2.31. The van der Waals surface area contributed by atoms with Crippen LogP contribution in [0.4, 0.5) is 11.4 Å². The minimum Gasteiger partial charge on any atom is -0.463 e. The van der Waals surface area contributed by atoms with Gasteiger partial charge in [0.25, 0.3) is 5.56 Å². The fraction of sp³-hybridized carbons (Fsp3) is 0.367. The zero-order valence-corrected chi connectivity index (χ0v) is 23.3. The fourth-order valence-corrected chi connectivity index (χ4v) is 6.19. The van der Waals surface area contributed by atoms with Crippen molar-refractivity contribution < 1.29 is 9.53 Å². The van der Waals surface area contributed by atoms with Gasteiger partial charge in [0.2, 0.25) is 0 Å². The van der Waals surface area contributed by atoms with Crippen LogP contribution in [-0.2, 0) is 9.53 Å². The maximum atomic E-state index is 13.8. The van der Waals surface area contributed by atoms with E-state index in [-0.39, 0.29) is 12.2 Å². The SMILES string of the molecule is CCOC(=O)C1=C(C)N=c2s/c(=C/c3ccc(N4CCCCC4)cc3)c(=O)n2[C@@H]1c1ccc(N(C)C)cc1. The first-order valence-electron chi connectivity index (χ1n) is 13.2. The molecule has 1 atom stereocenters. The lowest BCUT2D eigenvalue weighted by atomic mass is 9.95. The van der Waals surface area contributed by atoms with Gasteiger partial charge in [0, 0.05) is 38.6 Å². The van der Waals surface area contributed by atoms with Crippen LogP contribution in [0, 0.1) is 0 Å². The molecule has 1 saturated heterocycles. The van der Waals surface area contributed by atoms with Gasteiger partial charge in [-0.3, -0.25) is 9.36 Å². The van der Waals surface area contributed by atoms with Crippen molar-refractivity contribution in [2.45, 2.75) is 39.2 Å². The number of allylic oxidation sites excluding steroid dienone is 1. The van der Waals surface area contributed by atoms with Crippen LogP contribution in [-0.4, -0.2) is 44.3 Å². The summed E-state index contributed by atoms with van der Waals surface area (Å²) in [4.78, 5) is 36.6. The first kappa shape index (κ1) is 26.0. The molecule has 2 aliphatic rings. The molecule has 2 aliphatic heterocycles. The van der Waals surface area contributed by atoms with Gasteiger partial charge in [0.15, 0.2) is 4.80 Å². The average molecular weight is 531 g/mol. The number of carbonyl (C=O) groups excluding carboxylic acids is 1. The van der Waals surface area contributed by atoms with Crippen molar-refractivity contribution in [3.63, 3.8) is 0 Å². The van der Waals surface area contributed by atoms with Crippen LogP contribution in [0.3, 0.4) is 0 Å². The highest BCUT2D eigenvalue weighted by molar-refractivity contribution is 7.07. The number of benzene rings is 2. The van der Waals surface area contributed by atoms with E-state index in [1.54, 1.807) is 11.5 Å². The van der Waals surface area contributed by atoms with Gasteiger partial charge in [-0.05, 0) is 74.6 Å². The van der Waals surface area contributed by atoms with Gasteiger partial charge >= 0.3 is 5.97 Å². The summed E-state index contributed by atoms with van der Waals surface area (Å²) in [6, 6.07) is 15.7. The quantitative estimate of drug-likeness (QED) is 0.453. The first-order valence-corrected chi connectivity index (χ1v) is 14.0. The first-order chi connectivity index (χ1) is 18.4. The second kappa shape index (κ2) is 11.0. The molecule has 5 rings (SSSR count). The molecule has 0 amide bonds. The maximum Gasteiger partial charge on any atom is 0.338 e. The normalized spacial score (nSPS) is 17.7. The highest BCUT2D eigenvalue weighted by atomic mass is 32.1. The molecule has 1 aromatic heterocycles. The molecule has 0 saturated carbocycles. The number of piperidine rings is 1. The summed E-state index contributed by atoms with van der Waals surface area (Å²) in [5.41, 5.74) is 4.87. The molecule has 8 heteroatoms. The third kappa shape index (κ3) is 5.05. The molecule has 38 heavy (non-hydrogen) atoms. The molecular weight excluding hydrogens is 496 g/mol. The highest BCUT2D eigenvalue weighted by Gasteiger charge is 2.33. The number of hydrogen-bond donors (Lipinski definition) is 0. The summed E-state index contributed by atoms with van der Waals surface area (Å²) in [5, 5.41) is 0. The summed E-state index contributed by atoms with van der Waals surface area (Å²) < 4.78 is 7.62. The summed E-state index contributed by atoms with van der Waals surface area (Å²) in [5.74, 6) is -0.446. The lowest BCUT2D eigenvalue weighted by Crippen LogP contribution is -2.39. The Morgan fingerprint density at radius 3 is 2.39 bits per heavy atom. The Balaban J connectivity index is 1.58. The zero-order chi connectivity index (χ0) is 26.8. The number of hydrogen-bond acceptors (Lipinski definition) is 7. The van der Waals surface area contributed by atoms with Crippen molar-refractivity contribution >= 4 is 34.8 Å². The fourth-order valence-electron chi connectivity index (χ4n) is 5.15. The van der Waals surface area contributed by atoms with E-state index in [0.717, 1.165) is 29.9 Å². The van der Waals surface area contributed by atoms with Gasteiger partial charge < -0.3 is 14.5 Å². The van der Waals surface area contributed by atoms with Crippen molar-refractivity contribution in [3.05, 3.63) is 90.6 Å². The van der Waals surface area contributed by atoms with Crippen molar-refractivity contribution in [1.82, 2.24) is 4.57 Å². The molecule has 0 aliphatic carbocycles. The largest absolute Gasteiger partial charge is 0.463 e. The standard InChI is InChI=1S/C30H34N4O3S/c1-5-37-29(36)26-20(2)31-30-34(27(26)22-11-15-23(16-12-22)32(3)4)28(35)25(38-30)19-21-9-13-24(14-10-21)33-17-7-6-8-18-33/h9-16,19,27H,5-8,17-18H2,1-4H3/b25-19+/t27-/m1/s1. The van der Waals surface area contributed by atoms with Crippen molar-refractivity contribution in [2.75, 3.05) is 43.6 Å². The number of esters is 1. The third-order valence-corrected chi connectivity index (χ3v) is 8.14. The van der Waals surface area contributed by atoms with Gasteiger partial charge in [-0.25, -0.2) is 9.79 Å². The average Bonchev–Trinajstić information content (AvgIpc) is 3.23. The van der Waals surface area contributed by atoms with E-state index in [4.69, 9.17) is 4.74 Å². The van der Waals surface area contributed by atoms with Crippen LogP contribution in [0.25, 0.3) is 6.08 Å². The number of thiazole rings is 1. The molecule has 0 spiro atoms. The minimum absolute atomic E-state index is 0.162. The van der Waals surface area contributed by atoms with Gasteiger partial charge in [-0.2, -0.15) is 0 Å². The Morgan fingerprint density at radius 2 is 1.76 bits per heavy atom. The topological polar surface area (TPSA) is 67.1 Å². The second-order valence-electron chi connectivity index (χ2n) is 9.93. The smallest absolute Gasteiger partial charge is 0.338 e. The van der Waals surface area contributed by atoms with Gasteiger partial charge in [0.05, 0.1) is 28.5 Å². The molecule has 1 fully saturated rings. The van der Waals surface area contributed by atoms with E-state index in [9.17, 15) is 9.59 Å². The van der Waals surface area contributed by atoms with E-state index >= 15 is 0 Å². The minimum atomic E-state index is -0.606.